The number of piperazine rings is 1. The van der Waals surface area contributed by atoms with Crippen LogP contribution < -0.4 is 10.2 Å². The van der Waals surface area contributed by atoms with Gasteiger partial charge in [0.2, 0.25) is 0 Å². The molecule has 3 heteroatoms. The molecule has 2 rings (SSSR count). The van der Waals surface area contributed by atoms with Crippen LogP contribution in [0.25, 0.3) is 0 Å². The van der Waals surface area contributed by atoms with Gasteiger partial charge in [-0.15, -0.1) is 4.90 Å². The maximum Gasteiger partial charge on any atom is 0.276 e. The van der Waals surface area contributed by atoms with E-state index < -0.39 is 0 Å². The third kappa shape index (κ3) is 1.62. The minimum absolute atomic E-state index is 1.07. The van der Waals surface area contributed by atoms with Gasteiger partial charge in [-0.2, -0.15) is 0 Å². The maximum absolute atomic E-state index is 4.30. The highest BCUT2D eigenvalue weighted by Crippen LogP contribution is 2.08. The van der Waals surface area contributed by atoms with E-state index in [0.29, 0.717) is 0 Å². The summed E-state index contributed by atoms with van der Waals surface area (Å²) in [5, 5.41) is 3.32. The van der Waals surface area contributed by atoms with E-state index in [1.165, 1.54) is 0 Å². The standard InChI is InChI=1S/C9H13N3/c1-2-4-11-9(3-1)12-7-5-10-6-8-12/h1-4,10H,5-8H2/q+1. The molecule has 1 aliphatic heterocycles. The zero-order valence-electron chi connectivity index (χ0n) is 7.03. The van der Waals surface area contributed by atoms with Crippen LogP contribution in [0, 0.1) is 0 Å². The molecular formula is C9H13N3+. The first kappa shape index (κ1) is 7.71. The first-order valence-electron chi connectivity index (χ1n) is 4.33. The van der Waals surface area contributed by atoms with Crippen molar-refractivity contribution in [1.82, 2.24) is 15.2 Å². The Balaban J connectivity index is 2.08. The molecule has 0 unspecified atom stereocenters. The molecular weight excluding hydrogens is 150 g/mol. The zero-order chi connectivity index (χ0) is 8.23. The number of anilines is 1. The fourth-order valence-corrected chi connectivity index (χ4v) is 1.43. The fraction of sp³-hybridized carbons (Fsp3) is 0.444. The van der Waals surface area contributed by atoms with Crippen LogP contribution in [0.1, 0.15) is 0 Å². The third-order valence-corrected chi connectivity index (χ3v) is 2.09. The van der Waals surface area contributed by atoms with E-state index in [9.17, 15) is 0 Å². The van der Waals surface area contributed by atoms with Gasteiger partial charge in [0.25, 0.3) is 5.82 Å². The number of hydrogen-bond acceptors (Lipinski definition) is 3. The molecule has 1 aliphatic rings. The molecule has 1 fully saturated rings. The van der Waals surface area contributed by atoms with Gasteiger partial charge in [-0.25, -0.2) is 4.98 Å². The molecule has 2 heterocycles. The largest absolute Gasteiger partial charge is 0.306 e. The van der Waals surface area contributed by atoms with Gasteiger partial charge in [-0.1, -0.05) is 6.07 Å². The highest BCUT2D eigenvalue weighted by Gasteiger charge is 2.21. The van der Waals surface area contributed by atoms with Crippen molar-refractivity contribution in [2.24, 2.45) is 0 Å². The van der Waals surface area contributed by atoms with Gasteiger partial charge in [0, 0.05) is 12.3 Å². The van der Waals surface area contributed by atoms with Crippen molar-refractivity contribution in [3.63, 3.8) is 0 Å². The summed E-state index contributed by atoms with van der Waals surface area (Å²) in [6.07, 6.45) is 1.84. The van der Waals surface area contributed by atoms with Crippen molar-refractivity contribution in [1.29, 1.82) is 0 Å². The van der Waals surface area contributed by atoms with Crippen molar-refractivity contribution in [3.8, 4) is 0 Å². The highest BCUT2D eigenvalue weighted by molar-refractivity contribution is 5.28. The Kier molecular flexibility index (Phi) is 2.34. The minimum Gasteiger partial charge on any atom is -0.306 e. The predicted octanol–water partition coefficient (Wildman–Crippen LogP) is 0.456. The Morgan fingerprint density at radius 1 is 1.25 bits per heavy atom. The SMILES string of the molecule is c1ccc([N+]2CCNCC2)nc1. The second-order valence-corrected chi connectivity index (χ2v) is 2.92. The number of nitrogens with one attached hydrogen (secondary N) is 1. The molecule has 0 spiro atoms. The topological polar surface area (TPSA) is 30.8 Å². The minimum atomic E-state index is 1.07. The zero-order valence-corrected chi connectivity index (χ0v) is 7.03. The van der Waals surface area contributed by atoms with E-state index in [1.807, 2.05) is 18.3 Å². The molecule has 1 aromatic rings. The molecule has 0 bridgehead atoms. The lowest BCUT2D eigenvalue weighted by molar-refractivity contribution is 0.433. The van der Waals surface area contributed by atoms with Gasteiger partial charge in [0.1, 0.15) is 13.1 Å². The van der Waals surface area contributed by atoms with Crippen molar-refractivity contribution in [2.45, 2.75) is 0 Å². The summed E-state index contributed by atoms with van der Waals surface area (Å²) in [7, 11) is 0. The van der Waals surface area contributed by atoms with Crippen molar-refractivity contribution >= 4 is 5.82 Å². The van der Waals surface area contributed by atoms with Crippen molar-refractivity contribution in [3.05, 3.63) is 24.4 Å². The van der Waals surface area contributed by atoms with Crippen molar-refractivity contribution in [2.75, 3.05) is 26.2 Å². The Morgan fingerprint density at radius 3 is 2.75 bits per heavy atom. The second kappa shape index (κ2) is 3.65. The predicted molar refractivity (Wildman–Crippen MR) is 48.6 cm³/mol. The molecule has 0 amide bonds. The molecule has 3 nitrogen and oxygen atoms in total. The summed E-state index contributed by atoms with van der Waals surface area (Å²) in [6.45, 7) is 4.27. The van der Waals surface area contributed by atoms with E-state index >= 15 is 0 Å². The van der Waals surface area contributed by atoms with E-state index in [1.54, 1.807) is 0 Å². The van der Waals surface area contributed by atoms with Crippen LogP contribution in [-0.4, -0.2) is 31.2 Å². The second-order valence-electron chi connectivity index (χ2n) is 2.92. The molecule has 12 heavy (non-hydrogen) atoms. The Bertz CT molecular complexity index is 229. The molecule has 0 aromatic carbocycles. The van der Waals surface area contributed by atoms with Gasteiger partial charge >= 0.3 is 0 Å². The summed E-state index contributed by atoms with van der Waals surface area (Å²) in [5.41, 5.74) is 0. The molecule has 1 aromatic heterocycles. The van der Waals surface area contributed by atoms with Crippen LogP contribution in [0.5, 0.6) is 0 Å². The lowest BCUT2D eigenvalue weighted by Gasteiger charge is -2.15. The van der Waals surface area contributed by atoms with Gasteiger partial charge in [0.15, 0.2) is 0 Å². The highest BCUT2D eigenvalue weighted by atomic mass is 15.2. The van der Waals surface area contributed by atoms with Crippen LogP contribution in [-0.2, 0) is 0 Å². The molecule has 0 aliphatic carbocycles. The maximum atomic E-state index is 4.30. The quantitative estimate of drug-likeness (QED) is 0.610. The normalized spacial score (nSPS) is 19.3. The van der Waals surface area contributed by atoms with E-state index in [-0.39, 0.29) is 0 Å². The number of aromatic nitrogens is 1. The Hall–Kier alpha value is -0.930. The first-order chi connectivity index (χ1) is 5.97. The van der Waals surface area contributed by atoms with Crippen molar-refractivity contribution < 1.29 is 0 Å². The molecule has 63 valence electrons. The Labute approximate surface area is 72.4 Å². The van der Waals surface area contributed by atoms with E-state index in [4.69, 9.17) is 0 Å². The van der Waals surface area contributed by atoms with E-state index in [2.05, 4.69) is 21.3 Å². The van der Waals surface area contributed by atoms with Crippen LogP contribution in [0.3, 0.4) is 0 Å². The average Bonchev–Trinajstić information content (AvgIpc) is 2.21. The summed E-state index contributed by atoms with van der Waals surface area (Å²) >= 11 is 0. The smallest absolute Gasteiger partial charge is 0.276 e. The van der Waals surface area contributed by atoms with Crippen LogP contribution in [0.15, 0.2) is 24.4 Å². The molecule has 1 radical (unpaired) electrons. The molecule has 0 atom stereocenters. The van der Waals surface area contributed by atoms with Crippen LogP contribution in [0.2, 0.25) is 0 Å². The summed E-state index contributed by atoms with van der Waals surface area (Å²) < 4.78 is 0. The summed E-state index contributed by atoms with van der Waals surface area (Å²) in [6, 6.07) is 6.04. The number of nitrogens with zero attached hydrogens (tertiary/aromatic N) is 2. The number of hydrogen-bond donors (Lipinski definition) is 1. The lowest BCUT2D eigenvalue weighted by Crippen LogP contribution is -2.44. The number of pyridine rings is 1. The van der Waals surface area contributed by atoms with Gasteiger partial charge < -0.3 is 5.32 Å². The molecule has 1 N–H and O–H groups in total. The lowest BCUT2D eigenvalue weighted by atomic mass is 10.3. The van der Waals surface area contributed by atoms with Crippen LogP contribution in [0.4, 0.5) is 5.82 Å². The van der Waals surface area contributed by atoms with Gasteiger partial charge in [-0.3, -0.25) is 0 Å². The van der Waals surface area contributed by atoms with Crippen LogP contribution >= 0.6 is 0 Å². The average molecular weight is 163 g/mol. The third-order valence-electron chi connectivity index (χ3n) is 2.09. The van der Waals surface area contributed by atoms with Gasteiger partial charge in [0.05, 0.1) is 13.1 Å². The molecule has 1 saturated heterocycles. The molecule has 0 saturated carbocycles. The van der Waals surface area contributed by atoms with Gasteiger partial charge in [-0.05, 0) is 6.07 Å². The van der Waals surface area contributed by atoms with E-state index in [0.717, 1.165) is 32.0 Å². The Morgan fingerprint density at radius 2 is 2.08 bits per heavy atom. The summed E-state index contributed by atoms with van der Waals surface area (Å²) in [4.78, 5) is 6.60. The first-order valence-corrected chi connectivity index (χ1v) is 4.33. The summed E-state index contributed by atoms with van der Waals surface area (Å²) in [5.74, 6) is 1.10. The fourth-order valence-electron chi connectivity index (χ4n) is 1.43. The monoisotopic (exact) mass is 163 g/mol. The number of rotatable bonds is 1.